The van der Waals surface area contributed by atoms with Gasteiger partial charge < -0.3 is 4.74 Å². The molecular formula is C14H29ClO. The SMILES string of the molecule is CCCCC(CC)(CCl)CCC(C)(C)OC. The summed E-state index contributed by atoms with van der Waals surface area (Å²) in [6.45, 7) is 8.81. The first kappa shape index (κ1) is 16.2. The van der Waals surface area contributed by atoms with E-state index in [0.717, 1.165) is 12.3 Å². The second-order valence-corrected chi connectivity index (χ2v) is 5.82. The van der Waals surface area contributed by atoms with Crippen LogP contribution in [0.1, 0.15) is 66.2 Å². The molecule has 0 saturated carbocycles. The van der Waals surface area contributed by atoms with Crippen molar-refractivity contribution in [2.75, 3.05) is 13.0 Å². The van der Waals surface area contributed by atoms with Gasteiger partial charge in [-0.1, -0.05) is 26.7 Å². The van der Waals surface area contributed by atoms with E-state index in [1.807, 2.05) is 0 Å². The van der Waals surface area contributed by atoms with Crippen LogP contribution in [0.3, 0.4) is 0 Å². The van der Waals surface area contributed by atoms with Crippen LogP contribution in [0.2, 0.25) is 0 Å². The van der Waals surface area contributed by atoms with Gasteiger partial charge in [-0.15, -0.1) is 11.6 Å². The molecule has 98 valence electrons. The summed E-state index contributed by atoms with van der Waals surface area (Å²) in [5, 5.41) is 0. The van der Waals surface area contributed by atoms with Gasteiger partial charge in [-0.2, -0.15) is 0 Å². The number of unbranched alkanes of at least 4 members (excludes halogenated alkanes) is 1. The monoisotopic (exact) mass is 248 g/mol. The molecule has 0 heterocycles. The molecule has 0 rings (SSSR count). The number of alkyl halides is 1. The van der Waals surface area contributed by atoms with Crippen LogP contribution >= 0.6 is 11.6 Å². The van der Waals surface area contributed by atoms with E-state index in [2.05, 4.69) is 27.7 Å². The van der Waals surface area contributed by atoms with Crippen LogP contribution in [0.15, 0.2) is 0 Å². The highest BCUT2D eigenvalue weighted by Gasteiger charge is 2.29. The molecular weight excluding hydrogens is 220 g/mol. The average Bonchev–Trinajstić information content (AvgIpc) is 2.30. The van der Waals surface area contributed by atoms with Crippen molar-refractivity contribution in [2.45, 2.75) is 71.8 Å². The third-order valence-corrected chi connectivity index (χ3v) is 4.47. The number of halogens is 1. The standard InChI is InChI=1S/C14H29ClO/c1-6-8-9-14(7-2,12-15)11-10-13(3,4)16-5/h6-12H2,1-5H3. The summed E-state index contributed by atoms with van der Waals surface area (Å²) in [5.41, 5.74) is 0.312. The fraction of sp³-hybridized carbons (Fsp3) is 1.00. The zero-order chi connectivity index (χ0) is 12.7. The zero-order valence-corrected chi connectivity index (χ0v) is 12.5. The fourth-order valence-electron chi connectivity index (χ4n) is 1.93. The minimum atomic E-state index is -0.0152. The van der Waals surface area contributed by atoms with Gasteiger partial charge in [-0.25, -0.2) is 0 Å². The first-order valence-corrected chi connectivity index (χ1v) is 7.10. The van der Waals surface area contributed by atoms with Crippen LogP contribution in [-0.2, 0) is 4.74 Å². The molecule has 0 aliphatic heterocycles. The van der Waals surface area contributed by atoms with Crippen molar-refractivity contribution >= 4 is 11.6 Å². The quantitative estimate of drug-likeness (QED) is 0.521. The summed E-state index contributed by atoms with van der Waals surface area (Å²) in [4.78, 5) is 0. The molecule has 0 aliphatic rings. The Kier molecular flexibility index (Phi) is 7.67. The van der Waals surface area contributed by atoms with Gasteiger partial charge in [-0.3, -0.25) is 0 Å². The normalized spacial score (nSPS) is 16.1. The Morgan fingerprint density at radius 2 is 1.69 bits per heavy atom. The van der Waals surface area contributed by atoms with Crippen LogP contribution in [0.5, 0.6) is 0 Å². The summed E-state index contributed by atoms with van der Waals surface area (Å²) in [6, 6.07) is 0. The largest absolute Gasteiger partial charge is 0.379 e. The Morgan fingerprint density at radius 3 is 2.06 bits per heavy atom. The molecule has 0 aromatic heterocycles. The lowest BCUT2D eigenvalue weighted by atomic mass is 9.76. The van der Waals surface area contributed by atoms with Crippen molar-refractivity contribution < 1.29 is 4.74 Å². The van der Waals surface area contributed by atoms with Crippen molar-refractivity contribution in [3.8, 4) is 0 Å². The third-order valence-electron chi connectivity index (χ3n) is 3.90. The van der Waals surface area contributed by atoms with Gasteiger partial charge in [0.05, 0.1) is 5.60 Å². The number of methoxy groups -OCH3 is 1. The Bertz CT molecular complexity index is 174. The van der Waals surface area contributed by atoms with E-state index in [1.54, 1.807) is 7.11 Å². The maximum atomic E-state index is 6.19. The second-order valence-electron chi connectivity index (χ2n) is 5.55. The number of hydrogen-bond donors (Lipinski definition) is 0. The number of rotatable bonds is 9. The summed E-state index contributed by atoms with van der Waals surface area (Å²) >= 11 is 6.19. The number of ether oxygens (including phenoxy) is 1. The maximum Gasteiger partial charge on any atom is 0.0623 e. The van der Waals surface area contributed by atoms with E-state index < -0.39 is 0 Å². The van der Waals surface area contributed by atoms with E-state index in [4.69, 9.17) is 16.3 Å². The van der Waals surface area contributed by atoms with E-state index in [1.165, 1.54) is 32.1 Å². The second kappa shape index (κ2) is 7.55. The topological polar surface area (TPSA) is 9.23 Å². The van der Waals surface area contributed by atoms with Gasteiger partial charge in [0.1, 0.15) is 0 Å². The van der Waals surface area contributed by atoms with E-state index in [0.29, 0.717) is 5.41 Å². The fourth-order valence-corrected chi connectivity index (χ4v) is 2.38. The molecule has 16 heavy (non-hydrogen) atoms. The van der Waals surface area contributed by atoms with Gasteiger partial charge in [0.2, 0.25) is 0 Å². The molecule has 0 radical (unpaired) electrons. The lowest BCUT2D eigenvalue weighted by Gasteiger charge is -2.34. The average molecular weight is 249 g/mol. The predicted molar refractivity (Wildman–Crippen MR) is 73.3 cm³/mol. The Hall–Kier alpha value is 0.250. The molecule has 0 spiro atoms. The molecule has 2 heteroatoms. The van der Waals surface area contributed by atoms with Gasteiger partial charge in [0.15, 0.2) is 0 Å². The van der Waals surface area contributed by atoms with Crippen LogP contribution < -0.4 is 0 Å². The molecule has 0 fully saturated rings. The molecule has 1 unspecified atom stereocenters. The predicted octanol–water partition coefficient (Wildman–Crippen LogP) is 5.02. The highest BCUT2D eigenvalue weighted by Crippen LogP contribution is 2.37. The first-order chi connectivity index (χ1) is 7.45. The van der Waals surface area contributed by atoms with E-state index in [-0.39, 0.29) is 5.60 Å². The minimum Gasteiger partial charge on any atom is -0.379 e. The molecule has 0 N–H and O–H groups in total. The summed E-state index contributed by atoms with van der Waals surface area (Å²) in [5.74, 6) is 0.781. The lowest BCUT2D eigenvalue weighted by Crippen LogP contribution is -2.29. The lowest BCUT2D eigenvalue weighted by molar-refractivity contribution is 0.00371. The van der Waals surface area contributed by atoms with E-state index in [9.17, 15) is 0 Å². The minimum absolute atomic E-state index is 0.0152. The molecule has 0 saturated heterocycles. The summed E-state index contributed by atoms with van der Waals surface area (Å²) in [6.07, 6.45) is 7.24. The third kappa shape index (κ3) is 5.54. The molecule has 0 bridgehead atoms. The molecule has 0 amide bonds. The van der Waals surface area contributed by atoms with Crippen molar-refractivity contribution in [1.29, 1.82) is 0 Å². The van der Waals surface area contributed by atoms with E-state index >= 15 is 0 Å². The summed E-state index contributed by atoms with van der Waals surface area (Å²) < 4.78 is 5.48. The number of hydrogen-bond acceptors (Lipinski definition) is 1. The van der Waals surface area contributed by atoms with Crippen LogP contribution in [0.4, 0.5) is 0 Å². The van der Waals surface area contributed by atoms with Gasteiger partial charge in [-0.05, 0) is 44.9 Å². The van der Waals surface area contributed by atoms with Gasteiger partial charge in [0, 0.05) is 13.0 Å². The van der Waals surface area contributed by atoms with Gasteiger partial charge >= 0.3 is 0 Å². The molecule has 1 atom stereocenters. The van der Waals surface area contributed by atoms with Crippen LogP contribution in [0.25, 0.3) is 0 Å². The molecule has 0 aliphatic carbocycles. The highest BCUT2D eigenvalue weighted by atomic mass is 35.5. The zero-order valence-electron chi connectivity index (χ0n) is 11.7. The van der Waals surface area contributed by atoms with Crippen molar-refractivity contribution in [1.82, 2.24) is 0 Å². The first-order valence-electron chi connectivity index (χ1n) is 6.56. The molecule has 0 aromatic carbocycles. The Labute approximate surface area is 107 Å². The molecule has 0 aromatic rings. The van der Waals surface area contributed by atoms with Crippen molar-refractivity contribution in [3.05, 3.63) is 0 Å². The van der Waals surface area contributed by atoms with Crippen LogP contribution in [0, 0.1) is 5.41 Å². The smallest absolute Gasteiger partial charge is 0.0623 e. The summed E-state index contributed by atoms with van der Waals surface area (Å²) in [7, 11) is 1.79. The molecule has 1 nitrogen and oxygen atoms in total. The van der Waals surface area contributed by atoms with Gasteiger partial charge in [0.25, 0.3) is 0 Å². The Morgan fingerprint density at radius 1 is 1.06 bits per heavy atom. The van der Waals surface area contributed by atoms with Crippen molar-refractivity contribution in [3.63, 3.8) is 0 Å². The van der Waals surface area contributed by atoms with Crippen molar-refractivity contribution in [2.24, 2.45) is 5.41 Å². The highest BCUT2D eigenvalue weighted by molar-refractivity contribution is 6.18. The van der Waals surface area contributed by atoms with Crippen LogP contribution in [-0.4, -0.2) is 18.6 Å². The maximum absolute atomic E-state index is 6.19. The Balaban J connectivity index is 4.31.